The number of pyridine rings is 1. The van der Waals surface area contributed by atoms with Gasteiger partial charge in [-0.2, -0.15) is 5.10 Å². The highest BCUT2D eigenvalue weighted by molar-refractivity contribution is 7.98. The summed E-state index contributed by atoms with van der Waals surface area (Å²) in [5, 5.41) is 7.51. The number of hydrogen-bond donors (Lipinski definition) is 1. The van der Waals surface area contributed by atoms with Crippen molar-refractivity contribution in [3.63, 3.8) is 0 Å². The molecule has 0 aromatic carbocycles. The lowest BCUT2D eigenvalue weighted by Crippen LogP contribution is -2.27. The summed E-state index contributed by atoms with van der Waals surface area (Å²) in [7, 11) is 1.73. The Labute approximate surface area is 115 Å². The van der Waals surface area contributed by atoms with Crippen molar-refractivity contribution < 1.29 is 4.79 Å². The Morgan fingerprint density at radius 1 is 1.53 bits per heavy atom. The molecular formula is C12H15N5OS. The summed E-state index contributed by atoms with van der Waals surface area (Å²) in [4.78, 5) is 22.3. The van der Waals surface area contributed by atoms with Crippen molar-refractivity contribution >= 4 is 17.7 Å². The standard InChI is InChI=1S/C12H15N5OS/c1-8-14-10(16-15-8)7-17(2)12(18)9-5-4-6-13-11(9)19-3/h4-6H,7H2,1-3H3,(H,14,15,16). The molecule has 7 heteroatoms. The summed E-state index contributed by atoms with van der Waals surface area (Å²) in [6, 6.07) is 3.54. The number of nitrogens with zero attached hydrogens (tertiary/aromatic N) is 4. The topological polar surface area (TPSA) is 74.8 Å². The first kappa shape index (κ1) is 13.5. The summed E-state index contributed by atoms with van der Waals surface area (Å²) in [5.41, 5.74) is 0.602. The fraction of sp³-hybridized carbons (Fsp3) is 0.333. The molecule has 2 rings (SSSR count). The Hall–Kier alpha value is -1.89. The largest absolute Gasteiger partial charge is 0.334 e. The van der Waals surface area contributed by atoms with E-state index in [1.165, 1.54) is 11.8 Å². The lowest BCUT2D eigenvalue weighted by molar-refractivity contribution is 0.0777. The molecule has 2 aromatic rings. The number of aromatic amines is 1. The van der Waals surface area contributed by atoms with Crippen molar-refractivity contribution in [1.29, 1.82) is 0 Å². The van der Waals surface area contributed by atoms with E-state index in [-0.39, 0.29) is 5.91 Å². The Balaban J connectivity index is 2.14. The predicted octanol–water partition coefficient (Wildman–Crippen LogP) is 1.50. The van der Waals surface area contributed by atoms with Gasteiger partial charge in [0.2, 0.25) is 0 Å². The van der Waals surface area contributed by atoms with E-state index in [0.717, 1.165) is 10.9 Å². The summed E-state index contributed by atoms with van der Waals surface area (Å²) in [6.45, 7) is 2.19. The van der Waals surface area contributed by atoms with Gasteiger partial charge in [-0.05, 0) is 25.3 Å². The number of H-pyrrole nitrogens is 1. The smallest absolute Gasteiger partial charge is 0.256 e. The summed E-state index contributed by atoms with van der Waals surface area (Å²) < 4.78 is 0. The number of carbonyl (C=O) groups is 1. The maximum absolute atomic E-state index is 12.3. The number of aromatic nitrogens is 4. The van der Waals surface area contributed by atoms with E-state index in [1.807, 2.05) is 13.2 Å². The lowest BCUT2D eigenvalue weighted by atomic mass is 10.2. The number of thioether (sulfide) groups is 1. The van der Waals surface area contributed by atoms with Crippen molar-refractivity contribution in [2.24, 2.45) is 0 Å². The SMILES string of the molecule is CSc1ncccc1C(=O)N(C)Cc1n[nH]c(C)n1. The van der Waals surface area contributed by atoms with E-state index in [1.54, 1.807) is 30.3 Å². The molecular weight excluding hydrogens is 262 g/mol. The Morgan fingerprint density at radius 3 is 2.95 bits per heavy atom. The molecule has 0 bridgehead atoms. The first-order chi connectivity index (χ1) is 9.11. The molecule has 0 fully saturated rings. The summed E-state index contributed by atoms with van der Waals surface area (Å²) in [5.74, 6) is 1.25. The Bertz CT molecular complexity index is 583. The number of hydrogen-bond acceptors (Lipinski definition) is 5. The lowest BCUT2D eigenvalue weighted by Gasteiger charge is -2.16. The normalized spacial score (nSPS) is 10.5. The average Bonchev–Trinajstić information content (AvgIpc) is 2.83. The van der Waals surface area contributed by atoms with Crippen LogP contribution in [0.3, 0.4) is 0 Å². The van der Waals surface area contributed by atoms with Gasteiger partial charge in [-0.25, -0.2) is 9.97 Å². The van der Waals surface area contributed by atoms with Crippen LogP contribution in [0, 0.1) is 6.92 Å². The van der Waals surface area contributed by atoms with Crippen LogP contribution in [0.1, 0.15) is 22.0 Å². The number of rotatable bonds is 4. The van der Waals surface area contributed by atoms with Gasteiger partial charge in [-0.3, -0.25) is 9.89 Å². The van der Waals surface area contributed by atoms with Crippen LogP contribution >= 0.6 is 11.8 Å². The Kier molecular flexibility index (Phi) is 4.16. The highest BCUT2D eigenvalue weighted by Gasteiger charge is 2.17. The highest BCUT2D eigenvalue weighted by Crippen LogP contribution is 2.18. The number of aryl methyl sites for hydroxylation is 1. The minimum atomic E-state index is -0.0834. The van der Waals surface area contributed by atoms with Crippen LogP contribution in [-0.2, 0) is 6.54 Å². The molecule has 2 heterocycles. The zero-order chi connectivity index (χ0) is 13.8. The second kappa shape index (κ2) is 5.83. The van der Waals surface area contributed by atoms with Crippen molar-refractivity contribution in [3.05, 3.63) is 35.5 Å². The average molecular weight is 277 g/mol. The molecule has 0 unspecified atom stereocenters. The quantitative estimate of drug-likeness (QED) is 0.857. The van der Waals surface area contributed by atoms with Gasteiger partial charge in [0.1, 0.15) is 10.9 Å². The molecule has 0 radical (unpaired) electrons. The van der Waals surface area contributed by atoms with E-state index < -0.39 is 0 Å². The van der Waals surface area contributed by atoms with Gasteiger partial charge in [-0.1, -0.05) is 0 Å². The number of amides is 1. The van der Waals surface area contributed by atoms with E-state index >= 15 is 0 Å². The molecule has 0 aliphatic rings. The number of carbonyl (C=O) groups excluding carboxylic acids is 1. The zero-order valence-corrected chi connectivity index (χ0v) is 11.9. The van der Waals surface area contributed by atoms with Gasteiger partial charge in [0.05, 0.1) is 12.1 Å². The van der Waals surface area contributed by atoms with Crippen LogP contribution in [0.4, 0.5) is 0 Å². The van der Waals surface area contributed by atoms with E-state index in [2.05, 4.69) is 20.2 Å². The van der Waals surface area contributed by atoms with Crippen LogP contribution in [0.5, 0.6) is 0 Å². The molecule has 19 heavy (non-hydrogen) atoms. The van der Waals surface area contributed by atoms with Crippen molar-refractivity contribution in [2.75, 3.05) is 13.3 Å². The molecule has 0 spiro atoms. The van der Waals surface area contributed by atoms with Crippen LogP contribution < -0.4 is 0 Å². The van der Waals surface area contributed by atoms with Crippen LogP contribution in [0.15, 0.2) is 23.4 Å². The Morgan fingerprint density at radius 2 is 2.32 bits per heavy atom. The molecule has 6 nitrogen and oxygen atoms in total. The van der Waals surface area contributed by atoms with E-state index in [9.17, 15) is 4.79 Å². The molecule has 0 saturated carbocycles. The van der Waals surface area contributed by atoms with Gasteiger partial charge in [0.25, 0.3) is 5.91 Å². The minimum Gasteiger partial charge on any atom is -0.334 e. The highest BCUT2D eigenvalue weighted by atomic mass is 32.2. The maximum Gasteiger partial charge on any atom is 0.256 e. The predicted molar refractivity (Wildman–Crippen MR) is 72.9 cm³/mol. The minimum absolute atomic E-state index is 0.0834. The first-order valence-corrected chi connectivity index (χ1v) is 6.96. The van der Waals surface area contributed by atoms with Crippen molar-refractivity contribution in [1.82, 2.24) is 25.1 Å². The third kappa shape index (κ3) is 3.11. The maximum atomic E-state index is 12.3. The fourth-order valence-electron chi connectivity index (χ4n) is 1.67. The van der Waals surface area contributed by atoms with Crippen LogP contribution in [-0.4, -0.2) is 44.3 Å². The van der Waals surface area contributed by atoms with Crippen molar-refractivity contribution in [3.8, 4) is 0 Å². The molecule has 0 aliphatic carbocycles. The van der Waals surface area contributed by atoms with Crippen LogP contribution in [0.25, 0.3) is 0 Å². The molecule has 0 saturated heterocycles. The summed E-state index contributed by atoms with van der Waals surface area (Å²) >= 11 is 1.46. The molecule has 0 aliphatic heterocycles. The number of nitrogens with one attached hydrogen (secondary N) is 1. The monoisotopic (exact) mass is 277 g/mol. The third-order valence-corrected chi connectivity index (χ3v) is 3.28. The van der Waals surface area contributed by atoms with Crippen LogP contribution in [0.2, 0.25) is 0 Å². The fourth-order valence-corrected chi connectivity index (χ4v) is 2.21. The van der Waals surface area contributed by atoms with E-state index in [4.69, 9.17) is 0 Å². The van der Waals surface area contributed by atoms with Gasteiger partial charge in [-0.15, -0.1) is 11.8 Å². The van der Waals surface area contributed by atoms with Gasteiger partial charge >= 0.3 is 0 Å². The second-order valence-electron chi connectivity index (χ2n) is 4.06. The second-order valence-corrected chi connectivity index (χ2v) is 4.85. The van der Waals surface area contributed by atoms with E-state index in [0.29, 0.717) is 17.9 Å². The molecule has 100 valence electrons. The molecule has 2 aromatic heterocycles. The molecule has 1 N–H and O–H groups in total. The van der Waals surface area contributed by atoms with Gasteiger partial charge in [0.15, 0.2) is 5.82 Å². The summed E-state index contributed by atoms with van der Waals surface area (Å²) in [6.07, 6.45) is 3.58. The first-order valence-electron chi connectivity index (χ1n) is 5.74. The zero-order valence-electron chi connectivity index (χ0n) is 11.0. The van der Waals surface area contributed by atoms with Gasteiger partial charge in [0, 0.05) is 13.2 Å². The third-order valence-electron chi connectivity index (χ3n) is 2.56. The van der Waals surface area contributed by atoms with Gasteiger partial charge < -0.3 is 4.90 Å². The molecule has 1 amide bonds. The molecule has 0 atom stereocenters. The van der Waals surface area contributed by atoms with Crippen molar-refractivity contribution in [2.45, 2.75) is 18.5 Å².